The zero-order valence-electron chi connectivity index (χ0n) is 16.0. The van der Waals surface area contributed by atoms with Gasteiger partial charge in [-0.3, -0.25) is 0 Å². The number of hydrogen-bond donors (Lipinski definition) is 0. The van der Waals surface area contributed by atoms with Crippen LogP contribution >= 0.6 is 0 Å². The van der Waals surface area contributed by atoms with E-state index in [-0.39, 0.29) is 23.3 Å². The van der Waals surface area contributed by atoms with Crippen LogP contribution in [0, 0.1) is 34.9 Å². The van der Waals surface area contributed by atoms with Crippen molar-refractivity contribution in [3.63, 3.8) is 0 Å². The number of ether oxygens (including phenoxy) is 1. The Kier molecular flexibility index (Phi) is 6.70. The van der Waals surface area contributed by atoms with E-state index in [2.05, 4.69) is 0 Å². The summed E-state index contributed by atoms with van der Waals surface area (Å²) in [5.41, 5.74) is 0.423. The van der Waals surface area contributed by atoms with Crippen LogP contribution in [0.3, 0.4) is 0 Å². The Morgan fingerprint density at radius 2 is 1.30 bits per heavy atom. The van der Waals surface area contributed by atoms with E-state index in [4.69, 9.17) is 4.74 Å². The van der Waals surface area contributed by atoms with Gasteiger partial charge in [0.05, 0.1) is 0 Å². The first kappa shape index (κ1) is 21.7. The minimum Gasteiger partial charge on any atom is -0.483 e. The molecule has 0 saturated carbocycles. The van der Waals surface area contributed by atoms with Crippen molar-refractivity contribution in [3.05, 3.63) is 88.5 Å². The zero-order chi connectivity index (χ0) is 21.8. The molecule has 0 bridgehead atoms. The highest BCUT2D eigenvalue weighted by Crippen LogP contribution is 2.28. The lowest BCUT2D eigenvalue weighted by molar-refractivity contribution is 0.273. The highest BCUT2D eigenvalue weighted by atomic mass is 19.2. The summed E-state index contributed by atoms with van der Waals surface area (Å²) in [6.45, 7) is 1.64. The summed E-state index contributed by atoms with van der Waals surface area (Å²) in [7, 11) is 0. The maximum absolute atomic E-state index is 14.4. The van der Waals surface area contributed by atoms with Crippen LogP contribution in [-0.4, -0.2) is 0 Å². The molecule has 0 amide bonds. The Balaban J connectivity index is 1.77. The number of rotatable bonds is 7. The van der Waals surface area contributed by atoms with Gasteiger partial charge in [-0.05, 0) is 59.9 Å². The molecule has 0 radical (unpaired) electrons. The predicted molar refractivity (Wildman–Crippen MR) is 101 cm³/mol. The molecule has 0 saturated heterocycles. The molecule has 0 N–H and O–H groups in total. The standard InChI is InChI=1S/C23H18F6O/c1-2-3-4-13-7-20(27)23(21(28)8-13)30-12-14-5-6-16(17(24)9-14)15-10-18(25)22(29)19(26)11-15/h5-11H,2-4,12H2,1H3. The summed E-state index contributed by atoms with van der Waals surface area (Å²) in [5, 5.41) is 0. The lowest BCUT2D eigenvalue weighted by Crippen LogP contribution is -2.02. The number of benzene rings is 3. The molecule has 0 aliphatic rings. The average molecular weight is 424 g/mol. The van der Waals surface area contributed by atoms with Crippen molar-refractivity contribution in [1.29, 1.82) is 0 Å². The van der Waals surface area contributed by atoms with Gasteiger partial charge in [0, 0.05) is 5.56 Å². The summed E-state index contributed by atoms with van der Waals surface area (Å²) in [6.07, 6.45) is 2.23. The fourth-order valence-corrected chi connectivity index (χ4v) is 3.02. The van der Waals surface area contributed by atoms with E-state index in [0.29, 0.717) is 24.1 Å². The van der Waals surface area contributed by atoms with E-state index in [0.717, 1.165) is 18.9 Å². The fourth-order valence-electron chi connectivity index (χ4n) is 3.02. The Hall–Kier alpha value is -2.96. The normalized spacial score (nSPS) is 11.0. The monoisotopic (exact) mass is 424 g/mol. The fraction of sp³-hybridized carbons (Fsp3) is 0.217. The summed E-state index contributed by atoms with van der Waals surface area (Å²) in [6, 6.07) is 7.38. The van der Waals surface area contributed by atoms with Gasteiger partial charge in [-0.2, -0.15) is 0 Å². The average Bonchev–Trinajstić information content (AvgIpc) is 2.69. The molecule has 3 rings (SSSR count). The van der Waals surface area contributed by atoms with Gasteiger partial charge in [-0.25, -0.2) is 26.3 Å². The third-order valence-corrected chi connectivity index (χ3v) is 4.59. The Labute approximate surface area is 169 Å². The van der Waals surface area contributed by atoms with Crippen LogP contribution in [0.1, 0.15) is 30.9 Å². The molecule has 158 valence electrons. The second kappa shape index (κ2) is 9.24. The van der Waals surface area contributed by atoms with Gasteiger partial charge < -0.3 is 4.74 Å². The van der Waals surface area contributed by atoms with Crippen molar-refractivity contribution in [2.75, 3.05) is 0 Å². The highest BCUT2D eigenvalue weighted by Gasteiger charge is 2.16. The molecule has 30 heavy (non-hydrogen) atoms. The molecule has 0 aromatic heterocycles. The van der Waals surface area contributed by atoms with E-state index in [1.54, 1.807) is 0 Å². The first-order chi connectivity index (χ1) is 14.3. The van der Waals surface area contributed by atoms with Gasteiger partial charge >= 0.3 is 0 Å². The lowest BCUT2D eigenvalue weighted by Gasteiger charge is -2.11. The summed E-state index contributed by atoms with van der Waals surface area (Å²) < 4.78 is 87.8. The second-order valence-corrected chi connectivity index (χ2v) is 6.85. The number of halogens is 6. The van der Waals surface area contributed by atoms with Gasteiger partial charge in [0.2, 0.25) is 0 Å². The first-order valence-corrected chi connectivity index (χ1v) is 9.34. The molecule has 3 aromatic rings. The third-order valence-electron chi connectivity index (χ3n) is 4.59. The maximum Gasteiger partial charge on any atom is 0.194 e. The van der Waals surface area contributed by atoms with E-state index in [1.807, 2.05) is 6.92 Å². The van der Waals surface area contributed by atoms with Crippen molar-refractivity contribution in [3.8, 4) is 16.9 Å². The third kappa shape index (κ3) is 4.78. The molecule has 0 heterocycles. The van der Waals surface area contributed by atoms with Crippen LogP contribution in [-0.2, 0) is 13.0 Å². The zero-order valence-corrected chi connectivity index (χ0v) is 16.0. The second-order valence-electron chi connectivity index (χ2n) is 6.85. The van der Waals surface area contributed by atoms with E-state index in [1.165, 1.54) is 24.3 Å². The highest BCUT2D eigenvalue weighted by molar-refractivity contribution is 5.64. The quantitative estimate of drug-likeness (QED) is 0.290. The molecule has 0 spiro atoms. The van der Waals surface area contributed by atoms with E-state index >= 15 is 0 Å². The van der Waals surface area contributed by atoms with Gasteiger partial charge in [0.15, 0.2) is 34.8 Å². The first-order valence-electron chi connectivity index (χ1n) is 9.34. The molecule has 0 aliphatic heterocycles. The molecular weight excluding hydrogens is 406 g/mol. The maximum atomic E-state index is 14.4. The molecule has 7 heteroatoms. The lowest BCUT2D eigenvalue weighted by atomic mass is 10.0. The van der Waals surface area contributed by atoms with Gasteiger partial charge in [-0.15, -0.1) is 0 Å². The van der Waals surface area contributed by atoms with E-state index < -0.39 is 40.7 Å². The van der Waals surface area contributed by atoms with Crippen LogP contribution < -0.4 is 4.74 Å². The largest absolute Gasteiger partial charge is 0.483 e. The summed E-state index contributed by atoms with van der Waals surface area (Å²) >= 11 is 0. The molecule has 0 unspecified atom stereocenters. The topological polar surface area (TPSA) is 9.23 Å². The van der Waals surface area contributed by atoms with Crippen molar-refractivity contribution in [2.45, 2.75) is 32.8 Å². The van der Waals surface area contributed by atoms with E-state index in [9.17, 15) is 26.3 Å². The van der Waals surface area contributed by atoms with Crippen molar-refractivity contribution in [1.82, 2.24) is 0 Å². The summed E-state index contributed by atoms with van der Waals surface area (Å²) in [5.74, 6) is -7.64. The molecule has 0 atom stereocenters. The Morgan fingerprint density at radius 1 is 0.700 bits per heavy atom. The van der Waals surface area contributed by atoms with Crippen LogP contribution in [0.2, 0.25) is 0 Å². The smallest absolute Gasteiger partial charge is 0.194 e. The molecule has 1 nitrogen and oxygen atoms in total. The molecular formula is C23H18F6O. The number of hydrogen-bond acceptors (Lipinski definition) is 1. The SMILES string of the molecule is CCCCc1cc(F)c(OCc2ccc(-c3cc(F)c(F)c(F)c3)c(F)c2)c(F)c1. The Bertz CT molecular complexity index is 1020. The Morgan fingerprint density at radius 3 is 1.87 bits per heavy atom. The minimum absolute atomic E-state index is 0.158. The number of unbranched alkanes of at least 4 members (excludes halogenated alkanes) is 1. The van der Waals surface area contributed by atoms with Crippen molar-refractivity contribution in [2.24, 2.45) is 0 Å². The minimum atomic E-state index is -1.64. The predicted octanol–water partition coefficient (Wildman–Crippen LogP) is 7.11. The van der Waals surface area contributed by atoms with Crippen molar-refractivity contribution < 1.29 is 31.1 Å². The van der Waals surface area contributed by atoms with Crippen molar-refractivity contribution >= 4 is 0 Å². The van der Waals surface area contributed by atoms with Crippen LogP contribution in [0.25, 0.3) is 11.1 Å². The number of aryl methyl sites for hydroxylation is 1. The van der Waals surface area contributed by atoms with Gasteiger partial charge in [0.25, 0.3) is 0 Å². The van der Waals surface area contributed by atoms with Crippen LogP contribution in [0.4, 0.5) is 26.3 Å². The van der Waals surface area contributed by atoms with Gasteiger partial charge in [0.1, 0.15) is 12.4 Å². The van der Waals surface area contributed by atoms with Crippen LogP contribution in [0.5, 0.6) is 5.75 Å². The molecule has 3 aromatic carbocycles. The summed E-state index contributed by atoms with van der Waals surface area (Å²) in [4.78, 5) is 0. The molecule has 0 fully saturated rings. The molecule has 0 aliphatic carbocycles. The van der Waals surface area contributed by atoms with Crippen LogP contribution in [0.15, 0.2) is 42.5 Å². The van der Waals surface area contributed by atoms with Gasteiger partial charge in [-0.1, -0.05) is 25.5 Å².